The first kappa shape index (κ1) is 14.9. The molecule has 0 aromatic heterocycles. The third-order valence-corrected chi connectivity index (χ3v) is 4.56. The topological polar surface area (TPSA) is 41.3 Å². The molecule has 3 nitrogen and oxygen atoms in total. The molecule has 0 spiro atoms. The van der Waals surface area contributed by atoms with Gasteiger partial charge in [0, 0.05) is 11.6 Å². The Morgan fingerprint density at radius 3 is 2.18 bits per heavy atom. The summed E-state index contributed by atoms with van der Waals surface area (Å²) >= 11 is 0. The molecule has 1 atom stereocenters. The molecule has 0 bridgehead atoms. The molecule has 3 heteroatoms. The van der Waals surface area contributed by atoms with E-state index in [1.165, 1.54) is 57.8 Å². The Bertz CT molecular complexity index is 196. The van der Waals surface area contributed by atoms with Gasteiger partial charge in [0.25, 0.3) is 0 Å². The first-order valence-electron chi connectivity index (χ1n) is 7.31. The van der Waals surface area contributed by atoms with Crippen LogP contribution < -0.4 is 11.3 Å². The summed E-state index contributed by atoms with van der Waals surface area (Å²) in [6.07, 6.45) is 11.8. The van der Waals surface area contributed by atoms with Crippen molar-refractivity contribution in [1.29, 1.82) is 0 Å². The lowest BCUT2D eigenvalue weighted by molar-refractivity contribution is 0.0752. The Morgan fingerprint density at radius 1 is 1.18 bits per heavy atom. The third kappa shape index (κ3) is 3.67. The van der Waals surface area contributed by atoms with Crippen LogP contribution in [0.1, 0.15) is 64.7 Å². The maximum atomic E-state index is 5.84. The van der Waals surface area contributed by atoms with Crippen molar-refractivity contribution in [2.75, 3.05) is 14.1 Å². The SMILES string of the molecule is CCCCC(NN)C1(N(C)C)CCCCCC1. The first-order chi connectivity index (χ1) is 8.17. The van der Waals surface area contributed by atoms with E-state index in [-0.39, 0.29) is 5.54 Å². The van der Waals surface area contributed by atoms with Crippen LogP contribution in [0.4, 0.5) is 0 Å². The predicted molar refractivity (Wildman–Crippen MR) is 74.8 cm³/mol. The normalized spacial score (nSPS) is 22.4. The summed E-state index contributed by atoms with van der Waals surface area (Å²) in [4.78, 5) is 2.43. The standard InChI is InChI=1S/C14H31N3/c1-4-5-10-13(16-15)14(17(2)3)11-8-6-7-9-12-14/h13,16H,4-12,15H2,1-3H3. The molecule has 0 aromatic carbocycles. The molecule has 17 heavy (non-hydrogen) atoms. The number of hydrogen-bond donors (Lipinski definition) is 2. The van der Waals surface area contributed by atoms with Crippen LogP contribution in [0.3, 0.4) is 0 Å². The summed E-state index contributed by atoms with van der Waals surface area (Å²) in [5.74, 6) is 5.84. The quantitative estimate of drug-likeness (QED) is 0.427. The summed E-state index contributed by atoms with van der Waals surface area (Å²) in [6, 6.07) is 0.440. The summed E-state index contributed by atoms with van der Waals surface area (Å²) in [5.41, 5.74) is 3.39. The van der Waals surface area contributed by atoms with Crippen molar-refractivity contribution in [2.24, 2.45) is 5.84 Å². The molecule has 1 aliphatic rings. The van der Waals surface area contributed by atoms with Gasteiger partial charge in [-0.15, -0.1) is 0 Å². The molecular weight excluding hydrogens is 210 g/mol. The Labute approximate surface area is 107 Å². The number of hydrazine groups is 1. The average molecular weight is 241 g/mol. The smallest absolute Gasteiger partial charge is 0.0394 e. The highest BCUT2D eigenvalue weighted by Crippen LogP contribution is 2.35. The Balaban J connectivity index is 2.78. The van der Waals surface area contributed by atoms with E-state index >= 15 is 0 Å². The van der Waals surface area contributed by atoms with Gasteiger partial charge in [0.05, 0.1) is 0 Å². The van der Waals surface area contributed by atoms with Crippen LogP contribution in [0.2, 0.25) is 0 Å². The fourth-order valence-corrected chi connectivity index (χ4v) is 3.36. The van der Waals surface area contributed by atoms with Crippen LogP contribution in [-0.2, 0) is 0 Å². The average Bonchev–Trinajstić information content (AvgIpc) is 2.57. The molecule has 0 saturated heterocycles. The number of likely N-dealkylation sites (N-methyl/N-ethyl adjacent to an activating group) is 1. The second kappa shape index (κ2) is 7.34. The van der Waals surface area contributed by atoms with Crippen LogP contribution >= 0.6 is 0 Å². The molecule has 1 aliphatic carbocycles. The van der Waals surface area contributed by atoms with Gasteiger partial charge >= 0.3 is 0 Å². The van der Waals surface area contributed by atoms with Crippen LogP contribution in [0, 0.1) is 0 Å². The zero-order chi connectivity index (χ0) is 12.7. The molecule has 0 heterocycles. The zero-order valence-electron chi connectivity index (χ0n) is 12.0. The van der Waals surface area contributed by atoms with Gasteiger partial charge in [-0.05, 0) is 33.4 Å². The number of unbranched alkanes of at least 4 members (excludes halogenated alkanes) is 1. The fourth-order valence-electron chi connectivity index (χ4n) is 3.36. The van der Waals surface area contributed by atoms with Crippen LogP contribution in [0.5, 0.6) is 0 Å². The second-order valence-corrected chi connectivity index (χ2v) is 5.77. The van der Waals surface area contributed by atoms with Gasteiger partial charge in [-0.25, -0.2) is 0 Å². The number of rotatable bonds is 6. The predicted octanol–water partition coefficient (Wildman–Crippen LogP) is 2.66. The molecule has 0 radical (unpaired) electrons. The van der Waals surface area contributed by atoms with E-state index in [0.717, 1.165) is 0 Å². The van der Waals surface area contributed by atoms with E-state index in [2.05, 4.69) is 31.3 Å². The van der Waals surface area contributed by atoms with Crippen LogP contribution in [-0.4, -0.2) is 30.6 Å². The molecule has 0 aromatic rings. The van der Waals surface area contributed by atoms with Gasteiger partial charge in [-0.2, -0.15) is 0 Å². The van der Waals surface area contributed by atoms with Gasteiger partial charge < -0.3 is 4.90 Å². The van der Waals surface area contributed by atoms with Gasteiger partial charge in [-0.1, -0.05) is 45.4 Å². The van der Waals surface area contributed by atoms with E-state index in [1.807, 2.05) is 0 Å². The lowest BCUT2D eigenvalue weighted by atomic mass is 9.79. The van der Waals surface area contributed by atoms with Crippen molar-refractivity contribution in [3.8, 4) is 0 Å². The van der Waals surface area contributed by atoms with E-state index in [0.29, 0.717) is 6.04 Å². The molecule has 1 saturated carbocycles. The summed E-state index contributed by atoms with van der Waals surface area (Å²) in [7, 11) is 4.45. The number of nitrogens with one attached hydrogen (secondary N) is 1. The highest BCUT2D eigenvalue weighted by Gasteiger charge is 2.39. The third-order valence-electron chi connectivity index (χ3n) is 4.56. The Morgan fingerprint density at radius 2 is 1.76 bits per heavy atom. The Kier molecular flexibility index (Phi) is 6.45. The molecule has 3 N–H and O–H groups in total. The lowest BCUT2D eigenvalue weighted by Crippen LogP contribution is -2.60. The molecule has 0 aliphatic heterocycles. The molecule has 102 valence electrons. The summed E-state index contributed by atoms with van der Waals surface area (Å²) in [5, 5.41) is 0. The van der Waals surface area contributed by atoms with Crippen molar-refractivity contribution in [3.05, 3.63) is 0 Å². The lowest BCUT2D eigenvalue weighted by Gasteiger charge is -2.45. The molecule has 0 amide bonds. The van der Waals surface area contributed by atoms with Gasteiger partial charge in [0.1, 0.15) is 0 Å². The first-order valence-corrected chi connectivity index (χ1v) is 7.31. The van der Waals surface area contributed by atoms with E-state index in [4.69, 9.17) is 5.84 Å². The molecule has 1 rings (SSSR count). The van der Waals surface area contributed by atoms with Gasteiger partial charge in [0.15, 0.2) is 0 Å². The van der Waals surface area contributed by atoms with Crippen molar-refractivity contribution in [2.45, 2.75) is 76.3 Å². The maximum Gasteiger partial charge on any atom is 0.0394 e. The van der Waals surface area contributed by atoms with Crippen LogP contribution in [0.15, 0.2) is 0 Å². The Hall–Kier alpha value is -0.120. The van der Waals surface area contributed by atoms with Crippen molar-refractivity contribution in [3.63, 3.8) is 0 Å². The highest BCUT2D eigenvalue weighted by atomic mass is 15.3. The minimum absolute atomic E-state index is 0.278. The number of nitrogens with zero attached hydrogens (tertiary/aromatic N) is 1. The number of nitrogens with two attached hydrogens (primary N) is 1. The second-order valence-electron chi connectivity index (χ2n) is 5.77. The van der Waals surface area contributed by atoms with Gasteiger partial charge in [0.2, 0.25) is 0 Å². The highest BCUT2D eigenvalue weighted by molar-refractivity contribution is 4.98. The summed E-state index contributed by atoms with van der Waals surface area (Å²) < 4.78 is 0. The van der Waals surface area contributed by atoms with Gasteiger partial charge in [-0.3, -0.25) is 11.3 Å². The largest absolute Gasteiger partial charge is 0.302 e. The maximum absolute atomic E-state index is 5.84. The number of hydrogen-bond acceptors (Lipinski definition) is 3. The van der Waals surface area contributed by atoms with Crippen molar-refractivity contribution < 1.29 is 0 Å². The molecule has 1 fully saturated rings. The minimum Gasteiger partial charge on any atom is -0.302 e. The van der Waals surface area contributed by atoms with Crippen LogP contribution in [0.25, 0.3) is 0 Å². The van der Waals surface area contributed by atoms with Crippen molar-refractivity contribution >= 4 is 0 Å². The molecule has 1 unspecified atom stereocenters. The van der Waals surface area contributed by atoms with E-state index in [1.54, 1.807) is 0 Å². The van der Waals surface area contributed by atoms with E-state index < -0.39 is 0 Å². The monoisotopic (exact) mass is 241 g/mol. The zero-order valence-corrected chi connectivity index (χ0v) is 12.0. The minimum atomic E-state index is 0.278. The fraction of sp³-hybridized carbons (Fsp3) is 1.00. The van der Waals surface area contributed by atoms with Crippen molar-refractivity contribution in [1.82, 2.24) is 10.3 Å². The summed E-state index contributed by atoms with van der Waals surface area (Å²) in [6.45, 7) is 2.25. The molecular formula is C14H31N3. The van der Waals surface area contributed by atoms with E-state index in [9.17, 15) is 0 Å².